The predicted octanol–water partition coefficient (Wildman–Crippen LogP) is 1.97. The lowest BCUT2D eigenvalue weighted by atomic mass is 10.1. The van der Waals surface area contributed by atoms with Crippen molar-refractivity contribution in [2.45, 2.75) is 25.6 Å². The smallest absolute Gasteiger partial charge is 0.0718 e. The molecule has 17 heavy (non-hydrogen) atoms. The maximum absolute atomic E-state index is 5.76. The first-order valence-corrected chi connectivity index (χ1v) is 6.39. The first kappa shape index (κ1) is 12.6. The lowest BCUT2D eigenvalue weighted by Crippen LogP contribution is -2.33. The third kappa shape index (κ3) is 4.86. The number of rotatable bonds is 6. The Morgan fingerprint density at radius 1 is 1.06 bits per heavy atom. The normalized spacial score (nSPS) is 17.2. The van der Waals surface area contributed by atoms with Crippen LogP contribution >= 0.6 is 0 Å². The highest BCUT2D eigenvalue weighted by atomic mass is 16.5. The van der Waals surface area contributed by atoms with Crippen molar-refractivity contribution in [3.63, 3.8) is 0 Å². The second-order valence-electron chi connectivity index (χ2n) is 4.36. The molecule has 0 spiro atoms. The van der Waals surface area contributed by atoms with E-state index in [-0.39, 0.29) is 0 Å². The first-order valence-electron chi connectivity index (χ1n) is 6.39. The molecule has 0 aliphatic carbocycles. The van der Waals surface area contributed by atoms with E-state index in [1.54, 1.807) is 0 Å². The summed E-state index contributed by atoms with van der Waals surface area (Å²) in [5.41, 5.74) is 1.22. The van der Waals surface area contributed by atoms with Gasteiger partial charge in [0, 0.05) is 0 Å². The van der Waals surface area contributed by atoms with Crippen LogP contribution in [0.5, 0.6) is 0 Å². The van der Waals surface area contributed by atoms with Gasteiger partial charge in [-0.2, -0.15) is 0 Å². The quantitative estimate of drug-likeness (QED) is 0.765. The van der Waals surface area contributed by atoms with Gasteiger partial charge < -0.3 is 14.8 Å². The summed E-state index contributed by atoms with van der Waals surface area (Å²) < 4.78 is 11.3. The number of benzene rings is 1. The summed E-state index contributed by atoms with van der Waals surface area (Å²) in [6, 6.07) is 10.2. The Bertz CT molecular complexity index is 296. The molecular weight excluding hydrogens is 214 g/mol. The summed E-state index contributed by atoms with van der Waals surface area (Å²) in [5, 5.41) is 3.33. The van der Waals surface area contributed by atoms with Gasteiger partial charge in [0.15, 0.2) is 0 Å². The largest absolute Gasteiger partial charge is 0.376 e. The highest BCUT2D eigenvalue weighted by Gasteiger charge is 2.12. The zero-order valence-corrected chi connectivity index (χ0v) is 10.2. The number of hydrogen-bond acceptors (Lipinski definition) is 3. The van der Waals surface area contributed by atoms with Crippen LogP contribution < -0.4 is 5.32 Å². The van der Waals surface area contributed by atoms with Gasteiger partial charge in [-0.05, 0) is 31.5 Å². The fourth-order valence-electron chi connectivity index (χ4n) is 2.00. The number of hydrogen-bond donors (Lipinski definition) is 1. The van der Waals surface area contributed by atoms with Gasteiger partial charge in [0.05, 0.1) is 25.9 Å². The van der Waals surface area contributed by atoms with Gasteiger partial charge in [0.2, 0.25) is 0 Å². The van der Waals surface area contributed by atoms with Crippen LogP contribution in [0.15, 0.2) is 30.3 Å². The SMILES string of the molecule is c1ccc(COCCOC2CCNCC2)cc1. The highest BCUT2D eigenvalue weighted by Crippen LogP contribution is 2.07. The molecule has 0 radical (unpaired) electrons. The molecule has 1 fully saturated rings. The Hall–Kier alpha value is -0.900. The zero-order valence-electron chi connectivity index (χ0n) is 10.2. The molecule has 3 heteroatoms. The summed E-state index contributed by atoms with van der Waals surface area (Å²) in [6.45, 7) is 4.22. The van der Waals surface area contributed by atoms with Gasteiger partial charge in [-0.3, -0.25) is 0 Å². The molecule has 1 N–H and O–H groups in total. The van der Waals surface area contributed by atoms with Gasteiger partial charge in [0.1, 0.15) is 0 Å². The lowest BCUT2D eigenvalue weighted by Gasteiger charge is -2.22. The molecule has 0 unspecified atom stereocenters. The summed E-state index contributed by atoms with van der Waals surface area (Å²) in [5.74, 6) is 0. The zero-order chi connectivity index (χ0) is 11.8. The molecule has 94 valence electrons. The van der Waals surface area contributed by atoms with E-state index in [4.69, 9.17) is 9.47 Å². The molecule has 1 aliphatic heterocycles. The monoisotopic (exact) mass is 235 g/mol. The van der Waals surface area contributed by atoms with Crippen molar-refractivity contribution in [3.8, 4) is 0 Å². The molecule has 1 aliphatic rings. The number of ether oxygens (including phenoxy) is 2. The van der Waals surface area contributed by atoms with Crippen LogP contribution in [0.25, 0.3) is 0 Å². The summed E-state index contributed by atoms with van der Waals surface area (Å²) in [4.78, 5) is 0. The van der Waals surface area contributed by atoms with Crippen molar-refractivity contribution >= 4 is 0 Å². The molecule has 0 saturated carbocycles. The second-order valence-corrected chi connectivity index (χ2v) is 4.36. The molecule has 1 aromatic carbocycles. The van der Waals surface area contributed by atoms with Crippen molar-refractivity contribution in [1.29, 1.82) is 0 Å². The van der Waals surface area contributed by atoms with Gasteiger partial charge in [-0.15, -0.1) is 0 Å². The average Bonchev–Trinajstić information content (AvgIpc) is 2.41. The lowest BCUT2D eigenvalue weighted by molar-refractivity contribution is -0.0109. The Morgan fingerprint density at radius 2 is 1.82 bits per heavy atom. The van der Waals surface area contributed by atoms with Gasteiger partial charge >= 0.3 is 0 Å². The molecule has 0 bridgehead atoms. The molecular formula is C14H21NO2. The van der Waals surface area contributed by atoms with Crippen molar-refractivity contribution in [2.24, 2.45) is 0 Å². The van der Waals surface area contributed by atoms with Gasteiger partial charge in [-0.1, -0.05) is 30.3 Å². The van der Waals surface area contributed by atoms with Crippen LogP contribution in [-0.4, -0.2) is 32.4 Å². The van der Waals surface area contributed by atoms with Crippen molar-refractivity contribution in [2.75, 3.05) is 26.3 Å². The van der Waals surface area contributed by atoms with Crippen molar-refractivity contribution < 1.29 is 9.47 Å². The molecule has 0 atom stereocenters. The van der Waals surface area contributed by atoms with E-state index in [9.17, 15) is 0 Å². The fraction of sp³-hybridized carbons (Fsp3) is 0.571. The van der Waals surface area contributed by atoms with E-state index < -0.39 is 0 Å². The topological polar surface area (TPSA) is 30.5 Å². The predicted molar refractivity (Wildman–Crippen MR) is 67.9 cm³/mol. The highest BCUT2D eigenvalue weighted by molar-refractivity contribution is 5.13. The minimum Gasteiger partial charge on any atom is -0.376 e. The molecule has 2 rings (SSSR count). The van der Waals surface area contributed by atoms with Gasteiger partial charge in [0.25, 0.3) is 0 Å². The van der Waals surface area contributed by atoms with Crippen LogP contribution in [-0.2, 0) is 16.1 Å². The van der Waals surface area contributed by atoms with Gasteiger partial charge in [-0.25, -0.2) is 0 Å². The van der Waals surface area contributed by atoms with E-state index in [1.165, 1.54) is 5.56 Å². The Kier molecular flexibility index (Phi) is 5.49. The van der Waals surface area contributed by atoms with Crippen LogP contribution in [0.1, 0.15) is 18.4 Å². The number of nitrogens with one attached hydrogen (secondary N) is 1. The van der Waals surface area contributed by atoms with Crippen LogP contribution in [0.3, 0.4) is 0 Å². The Balaban J connectivity index is 1.51. The van der Waals surface area contributed by atoms with E-state index in [1.807, 2.05) is 18.2 Å². The maximum atomic E-state index is 5.76. The molecule has 0 aromatic heterocycles. The first-order chi connectivity index (χ1) is 8.45. The van der Waals surface area contributed by atoms with Crippen LogP contribution in [0.2, 0.25) is 0 Å². The minimum absolute atomic E-state index is 0.427. The van der Waals surface area contributed by atoms with Crippen molar-refractivity contribution in [1.82, 2.24) is 5.32 Å². The molecule has 1 heterocycles. The minimum atomic E-state index is 0.427. The van der Waals surface area contributed by atoms with Crippen LogP contribution in [0.4, 0.5) is 0 Å². The molecule has 0 amide bonds. The third-order valence-corrected chi connectivity index (χ3v) is 2.98. The fourth-order valence-corrected chi connectivity index (χ4v) is 2.00. The summed E-state index contributed by atoms with van der Waals surface area (Å²) in [6.07, 6.45) is 2.67. The summed E-state index contributed by atoms with van der Waals surface area (Å²) in [7, 11) is 0. The average molecular weight is 235 g/mol. The standard InChI is InChI=1S/C14H21NO2/c1-2-4-13(5-3-1)12-16-10-11-17-14-6-8-15-9-7-14/h1-5,14-15H,6-12H2. The van der Waals surface area contributed by atoms with E-state index >= 15 is 0 Å². The third-order valence-electron chi connectivity index (χ3n) is 2.98. The second kappa shape index (κ2) is 7.43. The Morgan fingerprint density at radius 3 is 2.59 bits per heavy atom. The van der Waals surface area contributed by atoms with Crippen molar-refractivity contribution in [3.05, 3.63) is 35.9 Å². The molecule has 1 aromatic rings. The summed E-state index contributed by atoms with van der Waals surface area (Å²) >= 11 is 0. The van der Waals surface area contributed by atoms with Crippen LogP contribution in [0, 0.1) is 0 Å². The van der Waals surface area contributed by atoms with E-state index in [2.05, 4.69) is 17.4 Å². The Labute approximate surface area is 103 Å². The molecule has 1 saturated heterocycles. The number of piperidine rings is 1. The van der Waals surface area contributed by atoms with E-state index in [0.29, 0.717) is 25.9 Å². The van der Waals surface area contributed by atoms with E-state index in [0.717, 1.165) is 25.9 Å². The molecule has 3 nitrogen and oxygen atoms in total. The maximum Gasteiger partial charge on any atom is 0.0718 e.